The van der Waals surface area contributed by atoms with E-state index in [0.717, 1.165) is 0 Å². The van der Waals surface area contributed by atoms with E-state index >= 15 is 0 Å². The van der Waals surface area contributed by atoms with Gasteiger partial charge in [-0.05, 0) is 30.3 Å². The molecule has 1 N–H and O–H groups in total. The van der Waals surface area contributed by atoms with Crippen molar-refractivity contribution in [1.29, 1.82) is 5.26 Å². The molecule has 0 radical (unpaired) electrons. The maximum absolute atomic E-state index is 12.6. The summed E-state index contributed by atoms with van der Waals surface area (Å²) in [5, 5.41) is 9.30. The van der Waals surface area contributed by atoms with E-state index in [9.17, 15) is 8.42 Å². The molecule has 0 aliphatic carbocycles. The van der Waals surface area contributed by atoms with Crippen LogP contribution in [0.3, 0.4) is 0 Å². The third-order valence-corrected chi connectivity index (χ3v) is 4.65. The average Bonchev–Trinajstić information content (AvgIpc) is 2.54. The molecule has 2 aromatic rings. The van der Waals surface area contributed by atoms with E-state index in [0.29, 0.717) is 11.5 Å². The Morgan fingerprint density at radius 3 is 2.48 bits per heavy atom. The van der Waals surface area contributed by atoms with Crippen molar-refractivity contribution in [2.75, 3.05) is 18.9 Å². The number of nitrogens with zero attached hydrogens (tertiary/aromatic N) is 1. The van der Waals surface area contributed by atoms with Gasteiger partial charge in [-0.3, -0.25) is 4.72 Å². The van der Waals surface area contributed by atoms with Crippen LogP contribution in [0.2, 0.25) is 5.02 Å². The normalized spacial score (nSPS) is 10.7. The van der Waals surface area contributed by atoms with Gasteiger partial charge in [0.25, 0.3) is 10.0 Å². The zero-order chi connectivity index (χ0) is 17.0. The van der Waals surface area contributed by atoms with Crippen molar-refractivity contribution >= 4 is 27.3 Å². The molecule has 0 aliphatic rings. The molecule has 6 nitrogen and oxygen atoms in total. The number of ether oxygens (including phenoxy) is 2. The SMILES string of the molecule is COc1ccc(OC)c(NS(=O)(=O)c2cc(Cl)ccc2C#N)c1. The van der Waals surface area contributed by atoms with Gasteiger partial charge < -0.3 is 9.47 Å². The Hall–Kier alpha value is -2.43. The van der Waals surface area contributed by atoms with Crippen LogP contribution < -0.4 is 14.2 Å². The molecule has 0 saturated heterocycles. The van der Waals surface area contributed by atoms with Crippen molar-refractivity contribution in [3.63, 3.8) is 0 Å². The summed E-state index contributed by atoms with van der Waals surface area (Å²) in [6, 6.07) is 10.5. The van der Waals surface area contributed by atoms with Crippen LogP contribution in [0.15, 0.2) is 41.3 Å². The number of hydrogen-bond donors (Lipinski definition) is 1. The van der Waals surface area contributed by atoms with Crippen molar-refractivity contribution in [2.45, 2.75) is 4.90 Å². The van der Waals surface area contributed by atoms with Crippen LogP contribution >= 0.6 is 11.6 Å². The van der Waals surface area contributed by atoms with Crippen molar-refractivity contribution in [1.82, 2.24) is 0 Å². The first kappa shape index (κ1) is 16.9. The molecule has 0 fully saturated rings. The maximum atomic E-state index is 12.6. The molecule has 8 heteroatoms. The van der Waals surface area contributed by atoms with Gasteiger partial charge in [0.15, 0.2) is 0 Å². The van der Waals surface area contributed by atoms with Gasteiger partial charge in [-0.2, -0.15) is 5.26 Å². The number of halogens is 1. The lowest BCUT2D eigenvalue weighted by molar-refractivity contribution is 0.405. The van der Waals surface area contributed by atoms with E-state index in [1.807, 2.05) is 6.07 Å². The Bertz CT molecular complexity index is 876. The molecule has 0 aliphatic heterocycles. The summed E-state index contributed by atoms with van der Waals surface area (Å²) in [7, 11) is -1.15. The Morgan fingerprint density at radius 2 is 1.87 bits per heavy atom. The number of hydrogen-bond acceptors (Lipinski definition) is 5. The second-order valence-electron chi connectivity index (χ2n) is 4.42. The monoisotopic (exact) mass is 352 g/mol. The van der Waals surface area contributed by atoms with Crippen LogP contribution in [0.5, 0.6) is 11.5 Å². The molecule has 0 saturated carbocycles. The summed E-state index contributed by atoms with van der Waals surface area (Å²) in [4.78, 5) is -0.211. The molecular weight excluding hydrogens is 340 g/mol. The van der Waals surface area contributed by atoms with E-state index in [1.165, 1.54) is 38.5 Å². The van der Waals surface area contributed by atoms with E-state index in [4.69, 9.17) is 26.3 Å². The highest BCUT2D eigenvalue weighted by Crippen LogP contribution is 2.31. The summed E-state index contributed by atoms with van der Waals surface area (Å²) < 4.78 is 37.8. The Balaban J connectivity index is 2.51. The summed E-state index contributed by atoms with van der Waals surface area (Å²) in [6.07, 6.45) is 0. The summed E-state index contributed by atoms with van der Waals surface area (Å²) in [5.74, 6) is 0.769. The molecule has 2 aromatic carbocycles. The molecule has 0 atom stereocenters. The molecule has 120 valence electrons. The number of anilines is 1. The molecule has 0 aromatic heterocycles. The van der Waals surface area contributed by atoms with Crippen molar-refractivity contribution in [2.24, 2.45) is 0 Å². The number of methoxy groups -OCH3 is 2. The van der Waals surface area contributed by atoms with E-state index in [-0.39, 0.29) is 21.2 Å². The molecule has 0 bridgehead atoms. The second kappa shape index (κ2) is 6.77. The average molecular weight is 353 g/mol. The minimum atomic E-state index is -4.03. The summed E-state index contributed by atoms with van der Waals surface area (Å²) >= 11 is 5.84. The van der Waals surface area contributed by atoms with Crippen molar-refractivity contribution in [3.05, 3.63) is 47.0 Å². The van der Waals surface area contributed by atoms with Gasteiger partial charge in [0.05, 0.1) is 25.5 Å². The van der Waals surface area contributed by atoms with Crippen LogP contribution in [0.25, 0.3) is 0 Å². The summed E-state index contributed by atoms with van der Waals surface area (Å²) in [5.41, 5.74) is 0.180. The van der Waals surface area contributed by atoms with Gasteiger partial charge in [-0.25, -0.2) is 8.42 Å². The highest BCUT2D eigenvalue weighted by Gasteiger charge is 2.21. The Labute approximate surface area is 139 Å². The van der Waals surface area contributed by atoms with E-state index in [1.54, 1.807) is 12.1 Å². The number of nitrogens with one attached hydrogen (secondary N) is 1. The number of sulfonamides is 1. The van der Waals surface area contributed by atoms with Crippen molar-refractivity contribution < 1.29 is 17.9 Å². The smallest absolute Gasteiger partial charge is 0.263 e. The van der Waals surface area contributed by atoms with Gasteiger partial charge in [-0.1, -0.05) is 11.6 Å². The Morgan fingerprint density at radius 1 is 1.13 bits per heavy atom. The maximum Gasteiger partial charge on any atom is 0.263 e. The molecule has 0 unspecified atom stereocenters. The second-order valence-corrected chi connectivity index (χ2v) is 6.51. The van der Waals surface area contributed by atoms with Crippen LogP contribution in [0, 0.1) is 11.3 Å². The third kappa shape index (κ3) is 3.67. The standard InChI is InChI=1S/C15H13ClN2O4S/c1-21-12-5-6-14(22-2)13(8-12)18-23(19,20)15-7-11(16)4-3-10(15)9-17/h3-8,18H,1-2H3. The van der Waals surface area contributed by atoms with E-state index in [2.05, 4.69) is 4.72 Å². The first-order valence-corrected chi connectivity index (χ1v) is 8.22. The van der Waals surface area contributed by atoms with Gasteiger partial charge in [0, 0.05) is 11.1 Å². The van der Waals surface area contributed by atoms with Crippen molar-refractivity contribution in [3.8, 4) is 17.6 Å². The summed E-state index contributed by atoms with van der Waals surface area (Å²) in [6.45, 7) is 0. The molecule has 0 heterocycles. The number of rotatable bonds is 5. The lowest BCUT2D eigenvalue weighted by atomic mass is 10.2. The first-order valence-electron chi connectivity index (χ1n) is 6.35. The van der Waals surface area contributed by atoms with Gasteiger partial charge in [-0.15, -0.1) is 0 Å². The zero-order valence-electron chi connectivity index (χ0n) is 12.3. The molecular formula is C15H13ClN2O4S. The minimum Gasteiger partial charge on any atom is -0.497 e. The topological polar surface area (TPSA) is 88.4 Å². The fourth-order valence-corrected chi connectivity index (χ4v) is 3.39. The molecule has 2 rings (SSSR count). The van der Waals surface area contributed by atoms with Crippen LogP contribution in [-0.4, -0.2) is 22.6 Å². The fraction of sp³-hybridized carbons (Fsp3) is 0.133. The molecule has 23 heavy (non-hydrogen) atoms. The van der Waals surface area contributed by atoms with Crippen LogP contribution in [-0.2, 0) is 10.0 Å². The Kier molecular flexibility index (Phi) is 4.98. The lowest BCUT2D eigenvalue weighted by Gasteiger charge is -2.14. The third-order valence-electron chi connectivity index (χ3n) is 3.00. The number of benzene rings is 2. The predicted octanol–water partition coefficient (Wildman–Crippen LogP) is 3.03. The number of nitriles is 1. The van der Waals surface area contributed by atoms with Gasteiger partial charge >= 0.3 is 0 Å². The largest absolute Gasteiger partial charge is 0.497 e. The minimum absolute atomic E-state index is 0.0104. The van der Waals surface area contributed by atoms with Crippen LogP contribution in [0.4, 0.5) is 5.69 Å². The predicted molar refractivity (Wildman–Crippen MR) is 86.5 cm³/mol. The lowest BCUT2D eigenvalue weighted by Crippen LogP contribution is -2.15. The highest BCUT2D eigenvalue weighted by molar-refractivity contribution is 7.92. The molecule has 0 amide bonds. The molecule has 0 spiro atoms. The van der Waals surface area contributed by atoms with E-state index < -0.39 is 10.0 Å². The fourth-order valence-electron chi connectivity index (χ4n) is 1.90. The quantitative estimate of drug-likeness (QED) is 0.893. The van der Waals surface area contributed by atoms with Crippen LogP contribution in [0.1, 0.15) is 5.56 Å². The van der Waals surface area contributed by atoms with Gasteiger partial charge in [0.1, 0.15) is 22.5 Å². The van der Waals surface area contributed by atoms with Gasteiger partial charge in [0.2, 0.25) is 0 Å². The first-order chi connectivity index (χ1) is 10.9. The zero-order valence-corrected chi connectivity index (χ0v) is 13.9. The highest BCUT2D eigenvalue weighted by atomic mass is 35.5.